The van der Waals surface area contributed by atoms with Crippen LogP contribution in [0.15, 0.2) is 59.5 Å². The van der Waals surface area contributed by atoms with Crippen molar-refractivity contribution in [3.63, 3.8) is 0 Å². The van der Waals surface area contributed by atoms with Crippen molar-refractivity contribution in [2.75, 3.05) is 13.1 Å². The van der Waals surface area contributed by atoms with Crippen LogP contribution >= 0.6 is 0 Å². The van der Waals surface area contributed by atoms with E-state index in [1.54, 1.807) is 36.4 Å². The average molecular weight is 566 g/mol. The van der Waals surface area contributed by atoms with Crippen molar-refractivity contribution in [2.45, 2.75) is 45.5 Å². The van der Waals surface area contributed by atoms with Gasteiger partial charge in [-0.15, -0.1) is 0 Å². The molecule has 12 heteroatoms. The predicted molar refractivity (Wildman–Crippen MR) is 145 cm³/mol. The second-order valence-electron chi connectivity index (χ2n) is 10.5. The number of aromatic nitrogens is 6. The quantitative estimate of drug-likeness (QED) is 0.263. The van der Waals surface area contributed by atoms with Gasteiger partial charge in [-0.3, -0.25) is 9.47 Å². The second-order valence-corrected chi connectivity index (χ2v) is 10.5. The normalized spacial score (nSPS) is 14.2. The van der Waals surface area contributed by atoms with Gasteiger partial charge < -0.3 is 4.98 Å². The summed E-state index contributed by atoms with van der Waals surface area (Å²) in [6.07, 6.45) is -2.02. The van der Waals surface area contributed by atoms with E-state index >= 15 is 0 Å². The number of fused-ring (bicyclic) bond motifs is 1. The van der Waals surface area contributed by atoms with Gasteiger partial charge in [-0.1, -0.05) is 38.1 Å². The Hall–Kier alpha value is -4.32. The lowest BCUT2D eigenvalue weighted by Crippen LogP contribution is -2.36. The molecule has 1 saturated heterocycles. The molecular weight excluding hydrogens is 538 g/mol. The van der Waals surface area contributed by atoms with Gasteiger partial charge in [0, 0.05) is 17.7 Å². The van der Waals surface area contributed by atoms with Crippen molar-refractivity contribution in [3.05, 3.63) is 93.5 Å². The average Bonchev–Trinajstić information content (AvgIpc) is 3.47. The summed E-state index contributed by atoms with van der Waals surface area (Å²) in [6.45, 7) is 5.99. The number of nitrogens with zero attached hydrogens (tertiary/aromatic N) is 6. The Morgan fingerprint density at radius 3 is 2.46 bits per heavy atom. The van der Waals surface area contributed by atoms with Gasteiger partial charge in [-0.2, -0.15) is 18.3 Å². The van der Waals surface area contributed by atoms with Crippen molar-refractivity contribution in [1.82, 2.24) is 34.2 Å². The lowest BCUT2D eigenvalue weighted by molar-refractivity contribution is -0.141. The summed E-state index contributed by atoms with van der Waals surface area (Å²) < 4.78 is 57.7. The van der Waals surface area contributed by atoms with Crippen molar-refractivity contribution in [1.29, 1.82) is 0 Å². The maximum absolute atomic E-state index is 14.6. The Kier molecular flexibility index (Phi) is 6.72. The van der Waals surface area contributed by atoms with Gasteiger partial charge in [-0.05, 0) is 55.3 Å². The number of alkyl halides is 3. The highest BCUT2D eigenvalue weighted by atomic mass is 19.4. The van der Waals surface area contributed by atoms with Crippen LogP contribution < -0.4 is 5.69 Å². The molecule has 2 aromatic carbocycles. The molecule has 41 heavy (non-hydrogen) atoms. The van der Waals surface area contributed by atoms with E-state index in [0.717, 1.165) is 31.1 Å². The highest BCUT2D eigenvalue weighted by Crippen LogP contribution is 2.31. The molecule has 5 aromatic rings. The van der Waals surface area contributed by atoms with Crippen LogP contribution in [0.4, 0.5) is 17.6 Å². The topological polar surface area (TPSA) is 84.6 Å². The molecule has 0 unspecified atom stereocenters. The number of aromatic amines is 1. The molecule has 0 spiro atoms. The lowest BCUT2D eigenvalue weighted by atomic mass is 9.96. The Labute approximate surface area is 232 Å². The summed E-state index contributed by atoms with van der Waals surface area (Å²) in [6, 6.07) is 12.7. The fourth-order valence-corrected chi connectivity index (χ4v) is 5.13. The van der Waals surface area contributed by atoms with Gasteiger partial charge in [-0.25, -0.2) is 23.8 Å². The third-order valence-corrected chi connectivity index (χ3v) is 7.31. The number of rotatable bonds is 7. The minimum atomic E-state index is -4.55. The van der Waals surface area contributed by atoms with Crippen molar-refractivity contribution >= 4 is 11.2 Å². The zero-order chi connectivity index (χ0) is 28.9. The summed E-state index contributed by atoms with van der Waals surface area (Å²) in [7, 11) is 0. The monoisotopic (exact) mass is 565 g/mol. The highest BCUT2D eigenvalue weighted by molar-refractivity contribution is 5.74. The van der Waals surface area contributed by atoms with E-state index < -0.39 is 17.6 Å². The van der Waals surface area contributed by atoms with Crippen LogP contribution in [0.3, 0.4) is 0 Å². The smallest absolute Gasteiger partial charge is 0.303 e. The van der Waals surface area contributed by atoms with E-state index in [0.29, 0.717) is 46.0 Å². The second kappa shape index (κ2) is 10.3. The number of imidazole rings is 1. The summed E-state index contributed by atoms with van der Waals surface area (Å²) in [4.78, 5) is 26.6. The maximum atomic E-state index is 14.6. The summed E-state index contributed by atoms with van der Waals surface area (Å²) in [5.74, 6) is -0.149. The minimum Gasteiger partial charge on any atom is -0.303 e. The van der Waals surface area contributed by atoms with Gasteiger partial charge in [0.15, 0.2) is 17.2 Å². The molecule has 1 aliphatic rings. The Balaban J connectivity index is 1.32. The van der Waals surface area contributed by atoms with Crippen LogP contribution in [0.5, 0.6) is 0 Å². The Bertz CT molecular complexity index is 1780. The van der Waals surface area contributed by atoms with E-state index in [1.807, 2.05) is 13.8 Å². The van der Waals surface area contributed by atoms with Gasteiger partial charge >= 0.3 is 11.9 Å². The van der Waals surface area contributed by atoms with Crippen LogP contribution in [0.25, 0.3) is 28.2 Å². The molecule has 0 saturated carbocycles. The zero-order valence-corrected chi connectivity index (χ0v) is 22.4. The largest absolute Gasteiger partial charge is 0.435 e. The van der Waals surface area contributed by atoms with Crippen LogP contribution in [-0.4, -0.2) is 47.3 Å². The van der Waals surface area contributed by atoms with E-state index in [-0.39, 0.29) is 18.3 Å². The van der Waals surface area contributed by atoms with Crippen molar-refractivity contribution < 1.29 is 17.6 Å². The predicted octanol–water partition coefficient (Wildman–Crippen LogP) is 5.51. The van der Waals surface area contributed by atoms with Crippen LogP contribution in [0, 0.1) is 5.82 Å². The molecule has 0 amide bonds. The first kappa shape index (κ1) is 26.9. The van der Waals surface area contributed by atoms with E-state index in [4.69, 9.17) is 0 Å². The van der Waals surface area contributed by atoms with Crippen LogP contribution in [0.1, 0.15) is 48.7 Å². The van der Waals surface area contributed by atoms with E-state index in [2.05, 4.69) is 25.0 Å². The first-order valence-electron chi connectivity index (χ1n) is 13.3. The van der Waals surface area contributed by atoms with E-state index in [9.17, 15) is 22.4 Å². The maximum Gasteiger partial charge on any atom is 0.435 e. The molecule has 212 valence electrons. The number of benzene rings is 2. The van der Waals surface area contributed by atoms with Crippen molar-refractivity contribution in [2.24, 2.45) is 0 Å². The number of halogens is 4. The summed E-state index contributed by atoms with van der Waals surface area (Å²) >= 11 is 0. The third kappa shape index (κ3) is 5.15. The highest BCUT2D eigenvalue weighted by Gasteiger charge is 2.35. The first-order valence-corrected chi connectivity index (χ1v) is 13.3. The van der Waals surface area contributed by atoms with Crippen molar-refractivity contribution in [3.8, 4) is 17.1 Å². The molecule has 6 rings (SSSR count). The third-order valence-electron chi connectivity index (χ3n) is 7.31. The fourth-order valence-electron chi connectivity index (χ4n) is 5.13. The van der Waals surface area contributed by atoms with Crippen LogP contribution in [-0.2, 0) is 19.3 Å². The van der Waals surface area contributed by atoms with Gasteiger partial charge in [0.05, 0.1) is 24.1 Å². The molecule has 4 heterocycles. The molecule has 0 radical (unpaired) electrons. The van der Waals surface area contributed by atoms with Gasteiger partial charge in [0.25, 0.3) is 0 Å². The summed E-state index contributed by atoms with van der Waals surface area (Å²) in [5, 5.41) is 3.85. The Morgan fingerprint density at radius 1 is 1.05 bits per heavy atom. The molecule has 0 aliphatic carbocycles. The van der Waals surface area contributed by atoms with Gasteiger partial charge in [0.2, 0.25) is 0 Å². The molecule has 0 atom stereocenters. The number of nitrogens with one attached hydrogen (secondary N) is 1. The molecule has 1 aliphatic heterocycles. The SMILES string of the molecule is CC(C)c1c(F)cccc1-c1ncc2[nH]c(=O)n(Cc3ccc(-n4nc(C(F)(F)F)cc4CN4CCC4)cc3)c2n1. The molecule has 3 aromatic heterocycles. The van der Waals surface area contributed by atoms with E-state index in [1.165, 1.54) is 21.5 Å². The fraction of sp³-hybridized carbons (Fsp3) is 0.310. The molecule has 1 N–H and O–H groups in total. The minimum absolute atomic E-state index is 0.106. The molecule has 8 nitrogen and oxygen atoms in total. The first-order chi connectivity index (χ1) is 19.6. The molecule has 1 fully saturated rings. The summed E-state index contributed by atoms with van der Waals surface area (Å²) in [5.41, 5.74) is 2.20. The molecular formula is C29H27F4N7O. The number of hydrogen-bond donors (Lipinski definition) is 1. The Morgan fingerprint density at radius 2 is 1.80 bits per heavy atom. The number of H-pyrrole nitrogens is 1. The van der Waals surface area contributed by atoms with Gasteiger partial charge in [0.1, 0.15) is 11.3 Å². The number of likely N-dealkylation sites (tertiary alicyclic amines) is 1. The zero-order valence-electron chi connectivity index (χ0n) is 22.4. The molecule has 0 bridgehead atoms. The standard InChI is InChI=1S/C29H27F4N7O/c1-17(2)25-21(5-3-6-22(25)30)26-34-14-23-27(36-26)39(28(41)35-23)15-18-7-9-19(10-8-18)40-20(16-38-11-4-12-38)13-24(37-40)29(31,32)33/h3,5-10,13-14,17H,4,11-12,15-16H2,1-2H3,(H,35,41). The number of hydrogen-bond acceptors (Lipinski definition) is 5. The van der Waals surface area contributed by atoms with Crippen LogP contribution in [0.2, 0.25) is 0 Å². The lowest BCUT2D eigenvalue weighted by Gasteiger charge is -2.30.